The summed E-state index contributed by atoms with van der Waals surface area (Å²) >= 11 is 1.45. The lowest BCUT2D eigenvalue weighted by Gasteiger charge is -2.13. The molecule has 4 aromatic carbocycles. The maximum absolute atomic E-state index is 14.2. The Hall–Kier alpha value is -4.94. The van der Waals surface area contributed by atoms with Crippen LogP contribution in [0.4, 0.5) is 14.5 Å². The van der Waals surface area contributed by atoms with E-state index in [9.17, 15) is 18.4 Å². The number of carboxylic acid groups (broad SMARTS) is 1. The quantitative estimate of drug-likeness (QED) is 0.182. The van der Waals surface area contributed by atoms with Crippen molar-refractivity contribution < 1.29 is 23.5 Å². The molecular formula is C33H23F2N3O3S. The number of nitrogens with one attached hydrogen (secondary N) is 1. The monoisotopic (exact) mass is 579 g/mol. The van der Waals surface area contributed by atoms with Crippen LogP contribution in [-0.2, 0) is 6.54 Å². The second-order valence-corrected chi connectivity index (χ2v) is 11.2. The van der Waals surface area contributed by atoms with E-state index in [-0.39, 0.29) is 24.1 Å². The molecule has 208 valence electrons. The zero-order valence-electron chi connectivity index (χ0n) is 22.1. The van der Waals surface area contributed by atoms with Crippen LogP contribution in [0.1, 0.15) is 45.2 Å². The van der Waals surface area contributed by atoms with Gasteiger partial charge >= 0.3 is 5.97 Å². The van der Waals surface area contributed by atoms with Crippen LogP contribution in [0.5, 0.6) is 0 Å². The first-order chi connectivity index (χ1) is 20.3. The van der Waals surface area contributed by atoms with E-state index in [0.29, 0.717) is 33.3 Å². The van der Waals surface area contributed by atoms with Gasteiger partial charge in [0.1, 0.15) is 11.6 Å². The number of hydrogen-bond acceptors (Lipinski definition) is 3. The maximum atomic E-state index is 14.2. The Morgan fingerprint density at radius 2 is 1.69 bits per heavy atom. The molecule has 0 saturated heterocycles. The molecule has 1 aromatic heterocycles. The topological polar surface area (TPSA) is 75.7 Å². The Bertz CT molecular complexity index is 1890. The van der Waals surface area contributed by atoms with Crippen molar-refractivity contribution in [2.24, 2.45) is 0 Å². The molecule has 6 rings (SSSR count). The molecule has 0 atom stereocenters. The van der Waals surface area contributed by atoms with Gasteiger partial charge in [-0.1, -0.05) is 42.1 Å². The van der Waals surface area contributed by atoms with Crippen LogP contribution in [0.2, 0.25) is 0 Å². The average molecular weight is 580 g/mol. The lowest BCUT2D eigenvalue weighted by molar-refractivity contribution is 0.0696. The highest BCUT2D eigenvalue weighted by Gasteiger charge is 2.28. The molecule has 1 saturated carbocycles. The van der Waals surface area contributed by atoms with E-state index in [2.05, 4.69) is 14.7 Å². The van der Waals surface area contributed by atoms with E-state index in [1.807, 2.05) is 24.4 Å². The third kappa shape index (κ3) is 5.62. The second kappa shape index (κ2) is 11.1. The molecule has 0 aliphatic heterocycles. The molecule has 0 bridgehead atoms. The predicted octanol–water partition coefficient (Wildman–Crippen LogP) is 8.25. The third-order valence-corrected chi connectivity index (χ3v) is 8.13. The summed E-state index contributed by atoms with van der Waals surface area (Å²) in [5.41, 5.74) is 3.31. The van der Waals surface area contributed by atoms with Gasteiger partial charge in [0.05, 0.1) is 23.2 Å². The van der Waals surface area contributed by atoms with Gasteiger partial charge in [-0.05, 0) is 72.0 Å². The van der Waals surface area contributed by atoms with Gasteiger partial charge in [0.2, 0.25) is 0 Å². The first-order valence-electron chi connectivity index (χ1n) is 13.2. The molecule has 1 fully saturated rings. The van der Waals surface area contributed by atoms with Crippen molar-refractivity contribution in [2.45, 2.75) is 35.2 Å². The first kappa shape index (κ1) is 27.2. The van der Waals surface area contributed by atoms with Crippen LogP contribution in [-0.4, -0.2) is 21.6 Å². The summed E-state index contributed by atoms with van der Waals surface area (Å²) < 4.78 is 30.5. The minimum atomic E-state index is -1.04. The number of nitrogens with zero attached hydrogens (tertiary/aromatic N) is 2. The van der Waals surface area contributed by atoms with E-state index in [1.165, 1.54) is 36.0 Å². The average Bonchev–Trinajstić information content (AvgIpc) is 3.77. The largest absolute Gasteiger partial charge is 0.478 e. The molecule has 1 heterocycles. The molecule has 0 radical (unpaired) electrons. The number of aromatic carboxylic acids is 1. The fraction of sp³-hybridized carbons (Fsp3) is 0.121. The highest BCUT2D eigenvalue weighted by Crippen LogP contribution is 2.45. The minimum Gasteiger partial charge on any atom is -0.478 e. The summed E-state index contributed by atoms with van der Waals surface area (Å²) in [6.45, 7) is 7.52. The molecule has 2 N–H and O–H groups in total. The number of aromatic nitrogens is 1. The highest BCUT2D eigenvalue weighted by molar-refractivity contribution is 7.99. The number of carbonyl (C=O) groups excluding carboxylic acids is 1. The molecular weight excluding hydrogens is 556 g/mol. The van der Waals surface area contributed by atoms with Crippen molar-refractivity contribution >= 4 is 40.2 Å². The van der Waals surface area contributed by atoms with Crippen molar-refractivity contribution in [3.63, 3.8) is 0 Å². The Labute approximate surface area is 244 Å². The Morgan fingerprint density at radius 1 is 0.976 bits per heavy atom. The maximum Gasteiger partial charge on any atom is 0.335 e. The summed E-state index contributed by atoms with van der Waals surface area (Å²) in [5.74, 6) is -2.85. The molecule has 9 heteroatoms. The van der Waals surface area contributed by atoms with E-state index in [0.717, 1.165) is 34.2 Å². The summed E-state index contributed by atoms with van der Waals surface area (Å²) in [6, 6.07) is 20.5. The molecule has 5 aromatic rings. The van der Waals surface area contributed by atoms with Crippen LogP contribution in [0.25, 0.3) is 26.9 Å². The SMILES string of the molecule is [C-]#[N+]c1cccc(Sc2cn(C3CC3)c3cc(-c4cc(F)cc(F)c4)cc(C(=O)NCc4ccc(C(=O)O)cc4)c23)c1. The minimum absolute atomic E-state index is 0.146. The van der Waals surface area contributed by atoms with Crippen molar-refractivity contribution in [1.29, 1.82) is 0 Å². The molecule has 0 spiro atoms. The Kier molecular flexibility index (Phi) is 7.23. The number of amides is 1. The molecule has 1 aliphatic carbocycles. The number of hydrogen-bond donors (Lipinski definition) is 2. The molecule has 1 amide bonds. The van der Waals surface area contributed by atoms with Crippen molar-refractivity contribution in [3.8, 4) is 11.1 Å². The summed E-state index contributed by atoms with van der Waals surface area (Å²) in [4.78, 5) is 30.2. The van der Waals surface area contributed by atoms with Gasteiger partial charge in [0.25, 0.3) is 5.91 Å². The fourth-order valence-electron chi connectivity index (χ4n) is 4.93. The third-order valence-electron chi connectivity index (χ3n) is 7.11. The van der Waals surface area contributed by atoms with Crippen LogP contribution in [0.3, 0.4) is 0 Å². The van der Waals surface area contributed by atoms with E-state index in [4.69, 9.17) is 11.7 Å². The van der Waals surface area contributed by atoms with Crippen LogP contribution < -0.4 is 5.32 Å². The van der Waals surface area contributed by atoms with Gasteiger partial charge in [-0.2, -0.15) is 0 Å². The van der Waals surface area contributed by atoms with Gasteiger partial charge in [0, 0.05) is 40.0 Å². The Morgan fingerprint density at radius 3 is 2.36 bits per heavy atom. The van der Waals surface area contributed by atoms with Gasteiger partial charge in [0.15, 0.2) is 5.69 Å². The van der Waals surface area contributed by atoms with E-state index >= 15 is 0 Å². The number of rotatable bonds is 8. The van der Waals surface area contributed by atoms with Crippen LogP contribution in [0, 0.1) is 18.2 Å². The standard InChI is InChI=1S/C33H23F2N3O3S/c1-36-25-3-2-4-27(16-25)42-30-18-38(26-9-10-26)29-14-22(21-11-23(34)15-24(35)12-21)13-28(31(29)30)32(39)37-17-19-5-7-20(8-6-19)33(40)41/h2-8,11-16,18,26H,9-10,17H2,(H,37,39)(H,40,41). The summed E-state index contributed by atoms with van der Waals surface area (Å²) in [7, 11) is 0. The number of benzene rings is 4. The number of fused-ring (bicyclic) bond motifs is 1. The normalized spacial score (nSPS) is 12.7. The van der Waals surface area contributed by atoms with Crippen LogP contribution >= 0.6 is 11.8 Å². The lowest BCUT2D eigenvalue weighted by Crippen LogP contribution is -2.23. The number of carbonyl (C=O) groups is 2. The van der Waals surface area contributed by atoms with E-state index < -0.39 is 17.6 Å². The van der Waals surface area contributed by atoms with Gasteiger partial charge in [-0.3, -0.25) is 4.79 Å². The first-order valence-corrected chi connectivity index (χ1v) is 14.0. The molecule has 42 heavy (non-hydrogen) atoms. The smallest absolute Gasteiger partial charge is 0.335 e. The Balaban J connectivity index is 1.46. The fourth-order valence-corrected chi connectivity index (χ4v) is 6.00. The highest BCUT2D eigenvalue weighted by atomic mass is 32.2. The molecule has 1 aliphatic rings. The van der Waals surface area contributed by atoms with E-state index in [1.54, 1.807) is 30.3 Å². The number of carboxylic acids is 1. The van der Waals surface area contributed by atoms with Crippen molar-refractivity contribution in [2.75, 3.05) is 0 Å². The summed E-state index contributed by atoms with van der Waals surface area (Å²) in [6.07, 6.45) is 3.97. The zero-order chi connectivity index (χ0) is 29.4. The van der Waals surface area contributed by atoms with Gasteiger partial charge in [-0.15, -0.1) is 0 Å². The van der Waals surface area contributed by atoms with Crippen molar-refractivity contribution in [1.82, 2.24) is 9.88 Å². The second-order valence-electron chi connectivity index (χ2n) is 10.1. The van der Waals surface area contributed by atoms with Gasteiger partial charge < -0.3 is 15.0 Å². The predicted molar refractivity (Wildman–Crippen MR) is 157 cm³/mol. The molecule has 0 unspecified atom stereocenters. The lowest BCUT2D eigenvalue weighted by atomic mass is 9.99. The van der Waals surface area contributed by atoms with Crippen molar-refractivity contribution in [3.05, 3.63) is 125 Å². The number of halogens is 2. The van der Waals surface area contributed by atoms with Crippen LogP contribution in [0.15, 0.2) is 94.9 Å². The zero-order valence-corrected chi connectivity index (χ0v) is 22.9. The molecule has 6 nitrogen and oxygen atoms in total. The summed E-state index contributed by atoms with van der Waals surface area (Å²) in [5, 5.41) is 12.8. The van der Waals surface area contributed by atoms with Gasteiger partial charge in [-0.25, -0.2) is 18.4 Å².